The average molecular weight is 376 g/mol. The molecule has 0 aromatic heterocycles. The number of carbonyl (C=O) groups is 1. The predicted octanol–water partition coefficient (Wildman–Crippen LogP) is 5.56. The number of halogens is 3. The molecule has 0 atom stereocenters. The van der Waals surface area contributed by atoms with Crippen molar-refractivity contribution < 1.29 is 14.4 Å². The topological polar surface area (TPSA) is 46.5 Å². The highest BCUT2D eigenvalue weighted by molar-refractivity contribution is 7.34. The van der Waals surface area contributed by atoms with E-state index >= 15 is 0 Å². The van der Waals surface area contributed by atoms with Crippen molar-refractivity contribution in [3.63, 3.8) is 0 Å². The molecule has 0 heterocycles. The van der Waals surface area contributed by atoms with Crippen LogP contribution in [0.1, 0.15) is 21.5 Å². The number of phenols is 1. The first-order valence-electron chi connectivity index (χ1n) is 6.06. The van der Waals surface area contributed by atoms with E-state index in [-0.39, 0.29) is 27.1 Å². The van der Waals surface area contributed by atoms with Crippen molar-refractivity contribution in [3.8, 4) is 11.5 Å². The number of aldehydes is 1. The van der Waals surface area contributed by atoms with Gasteiger partial charge in [0.2, 0.25) is 0 Å². The molecule has 0 bridgehead atoms. The van der Waals surface area contributed by atoms with Crippen LogP contribution in [-0.4, -0.2) is 17.2 Å². The number of hydrogen-bond acceptors (Lipinski definition) is 3. The zero-order valence-corrected chi connectivity index (χ0v) is 14.5. The van der Waals surface area contributed by atoms with Gasteiger partial charge in [0.15, 0.2) is 12.0 Å². The van der Waals surface area contributed by atoms with Gasteiger partial charge in [0.05, 0.1) is 15.6 Å². The van der Waals surface area contributed by atoms with Crippen LogP contribution in [0.4, 0.5) is 0 Å². The van der Waals surface area contributed by atoms with Gasteiger partial charge in [-0.05, 0) is 36.8 Å². The first-order valence-corrected chi connectivity index (χ1v) is 8.07. The van der Waals surface area contributed by atoms with Gasteiger partial charge in [-0.25, -0.2) is 0 Å². The summed E-state index contributed by atoms with van der Waals surface area (Å²) in [4.78, 5) is 11.0. The molecule has 0 aliphatic carbocycles. The van der Waals surface area contributed by atoms with E-state index in [0.29, 0.717) is 25.3 Å². The molecular weight excluding hydrogens is 365 g/mol. The number of rotatable bonds is 4. The molecule has 1 N–H and O–H groups in total. The minimum atomic E-state index is -0.0267. The van der Waals surface area contributed by atoms with Crippen LogP contribution >= 0.6 is 43.2 Å². The summed E-state index contributed by atoms with van der Waals surface area (Å²) in [7, 11) is 0.375. The lowest BCUT2D eigenvalue weighted by Crippen LogP contribution is -1.89. The number of aryl methyl sites for hydroxylation is 1. The Kier molecular flexibility index (Phi) is 5.71. The van der Waals surface area contributed by atoms with E-state index in [9.17, 15) is 9.90 Å². The summed E-state index contributed by atoms with van der Waals surface area (Å²) >= 11 is 17.8. The second-order valence-electron chi connectivity index (χ2n) is 4.43. The standard InChI is InChI=1S/C15H10Cl3O3P/c1-8-2-10(14(20)12(17)3-8)7-22-21-15-9(6-19)4-11(16)5-13(15)18/h2-7,20H,1H3. The Labute approximate surface area is 144 Å². The largest absolute Gasteiger partial charge is 0.506 e. The van der Waals surface area contributed by atoms with E-state index in [1.807, 2.05) is 6.92 Å². The molecule has 0 aliphatic heterocycles. The molecule has 0 spiro atoms. The second-order valence-corrected chi connectivity index (χ2v) is 6.34. The Bertz CT molecular complexity index is 760. The number of aromatic hydroxyl groups is 1. The van der Waals surface area contributed by atoms with Crippen molar-refractivity contribution in [2.45, 2.75) is 6.92 Å². The molecule has 2 aromatic carbocycles. The normalized spacial score (nSPS) is 10.9. The highest BCUT2D eigenvalue weighted by Gasteiger charge is 2.10. The van der Waals surface area contributed by atoms with Gasteiger partial charge in [0.1, 0.15) is 14.2 Å². The molecule has 0 radical (unpaired) electrons. The van der Waals surface area contributed by atoms with Crippen LogP contribution in [0.15, 0.2) is 24.3 Å². The lowest BCUT2D eigenvalue weighted by molar-refractivity contribution is 0.112. The fourth-order valence-electron chi connectivity index (χ4n) is 1.76. The predicted molar refractivity (Wildman–Crippen MR) is 92.4 cm³/mol. The van der Waals surface area contributed by atoms with Gasteiger partial charge in [-0.3, -0.25) is 4.79 Å². The number of hydrogen-bond donors (Lipinski definition) is 1. The third kappa shape index (κ3) is 3.93. The fourth-order valence-corrected chi connectivity index (χ4v) is 3.31. The average Bonchev–Trinajstić information content (AvgIpc) is 2.45. The molecular formula is C15H10Cl3O3P. The van der Waals surface area contributed by atoms with Crippen LogP contribution in [0.25, 0.3) is 0 Å². The van der Waals surface area contributed by atoms with Crippen LogP contribution in [0, 0.1) is 6.92 Å². The Balaban J connectivity index is 2.29. The molecule has 7 heteroatoms. The van der Waals surface area contributed by atoms with Crippen molar-refractivity contribution in [3.05, 3.63) is 56.0 Å². The Hall–Kier alpha value is -1.25. The van der Waals surface area contributed by atoms with Crippen molar-refractivity contribution in [1.29, 1.82) is 0 Å². The van der Waals surface area contributed by atoms with Crippen LogP contribution in [0.5, 0.6) is 11.5 Å². The zero-order valence-electron chi connectivity index (χ0n) is 11.3. The SMILES string of the molecule is Cc1cc(Cl)c(O)c(C=POc2c(Cl)cc(Cl)cc2C=O)c1. The Morgan fingerprint density at radius 3 is 2.50 bits per heavy atom. The molecule has 2 rings (SSSR count). The summed E-state index contributed by atoms with van der Waals surface area (Å²) in [6, 6.07) is 6.38. The lowest BCUT2D eigenvalue weighted by Gasteiger charge is -2.07. The molecule has 0 saturated heterocycles. The smallest absolute Gasteiger partial charge is 0.160 e. The van der Waals surface area contributed by atoms with Gasteiger partial charge in [0, 0.05) is 16.4 Å². The van der Waals surface area contributed by atoms with Gasteiger partial charge < -0.3 is 9.63 Å². The van der Waals surface area contributed by atoms with E-state index < -0.39 is 0 Å². The molecule has 22 heavy (non-hydrogen) atoms. The van der Waals surface area contributed by atoms with Gasteiger partial charge in [-0.2, -0.15) is 0 Å². The Morgan fingerprint density at radius 1 is 1.09 bits per heavy atom. The second kappa shape index (κ2) is 7.34. The van der Waals surface area contributed by atoms with E-state index in [1.54, 1.807) is 17.9 Å². The van der Waals surface area contributed by atoms with Crippen molar-refractivity contribution in [2.24, 2.45) is 0 Å². The maximum absolute atomic E-state index is 11.0. The minimum Gasteiger partial charge on any atom is -0.506 e. The quantitative estimate of drug-likeness (QED) is 0.562. The van der Waals surface area contributed by atoms with Crippen molar-refractivity contribution in [2.75, 3.05) is 0 Å². The zero-order chi connectivity index (χ0) is 16.3. The van der Waals surface area contributed by atoms with E-state index in [1.165, 1.54) is 12.1 Å². The maximum atomic E-state index is 11.0. The molecule has 0 fully saturated rings. The van der Waals surface area contributed by atoms with Crippen molar-refractivity contribution >= 4 is 55.3 Å². The van der Waals surface area contributed by atoms with Crippen LogP contribution in [0.3, 0.4) is 0 Å². The number of benzene rings is 2. The molecule has 2 aromatic rings. The van der Waals surface area contributed by atoms with Gasteiger partial charge in [-0.1, -0.05) is 34.8 Å². The van der Waals surface area contributed by atoms with Gasteiger partial charge in [-0.15, -0.1) is 0 Å². The number of carbonyl (C=O) groups excluding carboxylic acids is 1. The lowest BCUT2D eigenvalue weighted by atomic mass is 10.1. The summed E-state index contributed by atoms with van der Waals surface area (Å²) in [5.41, 5.74) is 1.69. The van der Waals surface area contributed by atoms with Gasteiger partial charge >= 0.3 is 0 Å². The third-order valence-corrected chi connectivity index (χ3v) is 4.20. The number of phenolic OH excluding ortho intramolecular Hbond substituents is 1. The van der Waals surface area contributed by atoms with Crippen molar-refractivity contribution in [1.82, 2.24) is 0 Å². The maximum Gasteiger partial charge on any atom is 0.160 e. The van der Waals surface area contributed by atoms with E-state index in [4.69, 9.17) is 39.3 Å². The van der Waals surface area contributed by atoms with Gasteiger partial charge in [0.25, 0.3) is 0 Å². The monoisotopic (exact) mass is 374 g/mol. The molecule has 3 nitrogen and oxygen atoms in total. The van der Waals surface area contributed by atoms with Crippen LogP contribution < -0.4 is 4.52 Å². The summed E-state index contributed by atoms with van der Waals surface area (Å²) < 4.78 is 5.49. The van der Waals surface area contributed by atoms with E-state index in [0.717, 1.165) is 5.56 Å². The first-order chi connectivity index (χ1) is 10.4. The molecule has 0 amide bonds. The molecule has 0 aliphatic rings. The Morgan fingerprint density at radius 2 is 1.82 bits per heavy atom. The van der Waals surface area contributed by atoms with Crippen LogP contribution in [0.2, 0.25) is 15.1 Å². The summed E-state index contributed by atoms with van der Waals surface area (Å²) in [6.45, 7) is 1.86. The minimum absolute atomic E-state index is 0.0267. The molecule has 0 saturated carbocycles. The third-order valence-electron chi connectivity index (χ3n) is 2.74. The highest BCUT2D eigenvalue weighted by Crippen LogP contribution is 2.34. The highest BCUT2D eigenvalue weighted by atomic mass is 35.5. The first kappa shape index (κ1) is 17.1. The summed E-state index contributed by atoms with van der Waals surface area (Å²) in [5.74, 6) is 1.83. The fraction of sp³-hybridized carbons (Fsp3) is 0.0667. The van der Waals surface area contributed by atoms with Crippen LogP contribution in [-0.2, 0) is 0 Å². The molecule has 114 valence electrons. The summed E-state index contributed by atoms with van der Waals surface area (Å²) in [6.07, 6.45) is 0.615. The van der Waals surface area contributed by atoms with E-state index in [2.05, 4.69) is 0 Å². The summed E-state index contributed by atoms with van der Waals surface area (Å²) in [5, 5.41) is 10.7. The molecule has 0 unspecified atom stereocenters.